The van der Waals surface area contributed by atoms with Gasteiger partial charge in [0.25, 0.3) is 0 Å². The lowest BCUT2D eigenvalue weighted by molar-refractivity contribution is 0.454. The van der Waals surface area contributed by atoms with Crippen LogP contribution in [0.25, 0.3) is 0 Å². The maximum absolute atomic E-state index is 5.71. The molecule has 1 heterocycles. The molecule has 1 aliphatic heterocycles. The first-order valence-electron chi connectivity index (χ1n) is 4.30. The molecule has 0 atom stereocenters. The Bertz CT molecular complexity index is 392. The van der Waals surface area contributed by atoms with E-state index >= 15 is 0 Å². The van der Waals surface area contributed by atoms with Crippen LogP contribution in [0.1, 0.15) is 0 Å². The Morgan fingerprint density at radius 2 is 2.00 bits per heavy atom. The van der Waals surface area contributed by atoms with Gasteiger partial charge in [-0.25, -0.2) is 0 Å². The first-order chi connectivity index (χ1) is 6.93. The summed E-state index contributed by atoms with van der Waals surface area (Å²) >= 11 is 1.67. The highest BCUT2D eigenvalue weighted by molar-refractivity contribution is 7.99. The fraction of sp³-hybridized carbons (Fsp3) is 0. The zero-order valence-corrected chi connectivity index (χ0v) is 8.10. The molecule has 2 aromatic carbocycles. The zero-order chi connectivity index (χ0) is 9.38. The molecule has 1 aliphatic rings. The van der Waals surface area contributed by atoms with E-state index in [0.717, 1.165) is 21.3 Å². The van der Waals surface area contributed by atoms with Crippen molar-refractivity contribution < 1.29 is 4.74 Å². The molecule has 0 aromatic heterocycles. The summed E-state index contributed by atoms with van der Waals surface area (Å²) in [7, 11) is 0. The molecule has 0 saturated heterocycles. The van der Waals surface area contributed by atoms with Gasteiger partial charge in [0.05, 0.1) is 9.79 Å². The quantitative estimate of drug-likeness (QED) is 0.546. The molecule has 0 saturated carbocycles. The minimum absolute atomic E-state index is 0.868. The molecule has 0 N–H and O–H groups in total. The van der Waals surface area contributed by atoms with Gasteiger partial charge in [-0.3, -0.25) is 0 Å². The third-order valence-electron chi connectivity index (χ3n) is 2.01. The van der Waals surface area contributed by atoms with Crippen LogP contribution in [0, 0.1) is 12.1 Å². The zero-order valence-electron chi connectivity index (χ0n) is 7.28. The van der Waals surface area contributed by atoms with Crippen molar-refractivity contribution in [2.45, 2.75) is 9.79 Å². The number of rotatable bonds is 0. The van der Waals surface area contributed by atoms with Crippen LogP contribution in [0.5, 0.6) is 11.5 Å². The minimum atomic E-state index is 0.868. The standard InChI is InChI=1S/C12H6OS/c1-3-7-11-9(5-1)13-10-6-2-4-8-12(10)14-11/h1-3,5-7H. The summed E-state index contributed by atoms with van der Waals surface area (Å²) in [4.78, 5) is 2.14. The Kier molecular flexibility index (Phi) is 1.74. The second-order valence-corrected chi connectivity index (χ2v) is 4.00. The number of ether oxygens (including phenoxy) is 1. The summed E-state index contributed by atoms with van der Waals surface area (Å²) < 4.78 is 5.71. The largest absolute Gasteiger partial charge is 0.455 e. The average Bonchev–Trinajstić information content (AvgIpc) is 2.26. The summed E-state index contributed by atoms with van der Waals surface area (Å²) in [5.74, 6) is 1.79. The molecule has 3 rings (SSSR count). The average molecular weight is 198 g/mol. The summed E-state index contributed by atoms with van der Waals surface area (Å²) in [6.45, 7) is 0. The second kappa shape index (κ2) is 3.07. The van der Waals surface area contributed by atoms with Gasteiger partial charge in [0, 0.05) is 6.07 Å². The fourth-order valence-electron chi connectivity index (χ4n) is 1.37. The van der Waals surface area contributed by atoms with Gasteiger partial charge in [-0.1, -0.05) is 23.9 Å². The first kappa shape index (κ1) is 7.94. The number of hydrogen-bond acceptors (Lipinski definition) is 2. The highest BCUT2D eigenvalue weighted by Gasteiger charge is 2.16. The van der Waals surface area contributed by atoms with Crippen LogP contribution < -0.4 is 4.74 Å². The third-order valence-corrected chi connectivity index (χ3v) is 3.07. The summed E-state index contributed by atoms with van der Waals surface area (Å²) in [6, 6.07) is 17.7. The van der Waals surface area contributed by atoms with Crippen LogP contribution in [0.4, 0.5) is 0 Å². The molecule has 0 unspecified atom stereocenters. The summed E-state index contributed by atoms with van der Waals surface area (Å²) in [5, 5.41) is 0. The van der Waals surface area contributed by atoms with Crippen molar-refractivity contribution in [1.29, 1.82) is 0 Å². The van der Waals surface area contributed by atoms with E-state index < -0.39 is 0 Å². The van der Waals surface area contributed by atoms with Gasteiger partial charge in [-0.15, -0.1) is 0 Å². The van der Waals surface area contributed by atoms with Crippen LogP contribution >= 0.6 is 11.8 Å². The molecule has 0 bridgehead atoms. The Labute approximate surface area is 86.7 Å². The number of fused-ring (bicyclic) bond motifs is 2. The molecular formula is C12H6OS. The van der Waals surface area contributed by atoms with E-state index in [0.29, 0.717) is 0 Å². The lowest BCUT2D eigenvalue weighted by Gasteiger charge is -2.18. The third kappa shape index (κ3) is 1.19. The highest BCUT2D eigenvalue weighted by Crippen LogP contribution is 2.45. The van der Waals surface area contributed by atoms with Crippen molar-refractivity contribution >= 4 is 11.8 Å². The second-order valence-electron chi connectivity index (χ2n) is 2.95. The van der Waals surface area contributed by atoms with Gasteiger partial charge >= 0.3 is 0 Å². The summed E-state index contributed by atoms with van der Waals surface area (Å²) in [5.41, 5.74) is 0. The molecule has 2 heteroatoms. The SMILES string of the molecule is [c]1[c]c2c(cc1)Oc1ccccc1S2. The molecule has 66 valence electrons. The van der Waals surface area contributed by atoms with E-state index in [2.05, 4.69) is 12.1 Å². The molecule has 0 fully saturated rings. The number of benzene rings is 2. The molecule has 0 amide bonds. The molecule has 0 aliphatic carbocycles. The van der Waals surface area contributed by atoms with Crippen LogP contribution in [0.3, 0.4) is 0 Å². The van der Waals surface area contributed by atoms with Crippen molar-refractivity contribution in [3.63, 3.8) is 0 Å². The van der Waals surface area contributed by atoms with Crippen molar-refractivity contribution in [3.05, 3.63) is 48.5 Å². The van der Waals surface area contributed by atoms with Crippen molar-refractivity contribution in [2.24, 2.45) is 0 Å². The predicted octanol–water partition coefficient (Wildman–Crippen LogP) is 3.54. The van der Waals surface area contributed by atoms with Gasteiger partial charge in [0.2, 0.25) is 0 Å². The topological polar surface area (TPSA) is 9.23 Å². The van der Waals surface area contributed by atoms with Crippen molar-refractivity contribution in [3.8, 4) is 11.5 Å². The van der Waals surface area contributed by atoms with Gasteiger partial charge in [-0.05, 0) is 30.3 Å². The molecule has 2 radical (unpaired) electrons. The van der Waals surface area contributed by atoms with Gasteiger partial charge < -0.3 is 4.74 Å². The minimum Gasteiger partial charge on any atom is -0.455 e. The van der Waals surface area contributed by atoms with Gasteiger partial charge in [0.15, 0.2) is 0 Å². The van der Waals surface area contributed by atoms with E-state index in [-0.39, 0.29) is 0 Å². The van der Waals surface area contributed by atoms with E-state index in [1.807, 2.05) is 36.4 Å². The number of para-hydroxylation sites is 1. The predicted molar refractivity (Wildman–Crippen MR) is 54.8 cm³/mol. The monoisotopic (exact) mass is 198 g/mol. The van der Waals surface area contributed by atoms with E-state index in [9.17, 15) is 0 Å². The Hall–Kier alpha value is -1.41. The molecule has 0 spiro atoms. The number of hydrogen-bond donors (Lipinski definition) is 0. The fourth-order valence-corrected chi connectivity index (χ4v) is 2.26. The van der Waals surface area contributed by atoms with Crippen LogP contribution in [-0.4, -0.2) is 0 Å². The van der Waals surface area contributed by atoms with E-state index in [1.165, 1.54) is 0 Å². The van der Waals surface area contributed by atoms with E-state index in [1.54, 1.807) is 11.8 Å². The van der Waals surface area contributed by atoms with Crippen LogP contribution in [-0.2, 0) is 0 Å². The van der Waals surface area contributed by atoms with Gasteiger partial charge in [-0.2, -0.15) is 0 Å². The maximum Gasteiger partial charge on any atom is 0.142 e. The van der Waals surface area contributed by atoms with Crippen molar-refractivity contribution in [1.82, 2.24) is 0 Å². The first-order valence-corrected chi connectivity index (χ1v) is 5.12. The molecule has 14 heavy (non-hydrogen) atoms. The Balaban J connectivity index is 2.12. The van der Waals surface area contributed by atoms with E-state index in [4.69, 9.17) is 4.74 Å². The normalized spacial score (nSPS) is 12.6. The molecule has 2 aromatic rings. The van der Waals surface area contributed by atoms with Crippen molar-refractivity contribution in [2.75, 3.05) is 0 Å². The van der Waals surface area contributed by atoms with Crippen LogP contribution in [0.2, 0.25) is 0 Å². The Morgan fingerprint density at radius 3 is 3.00 bits per heavy atom. The lowest BCUT2D eigenvalue weighted by Crippen LogP contribution is -1.93. The molecular weight excluding hydrogens is 192 g/mol. The maximum atomic E-state index is 5.71. The lowest BCUT2D eigenvalue weighted by atomic mass is 10.3. The van der Waals surface area contributed by atoms with Gasteiger partial charge in [0.1, 0.15) is 11.5 Å². The summed E-state index contributed by atoms with van der Waals surface area (Å²) in [6.07, 6.45) is 0. The highest BCUT2D eigenvalue weighted by atomic mass is 32.2. The van der Waals surface area contributed by atoms with Crippen LogP contribution in [0.15, 0.2) is 46.2 Å². The Morgan fingerprint density at radius 1 is 1.07 bits per heavy atom. The molecule has 1 nitrogen and oxygen atoms in total. The smallest absolute Gasteiger partial charge is 0.142 e.